The maximum atomic E-state index is 13.4. The molecule has 236 valence electrons. The largest absolute Gasteiger partial charge is 0.457 e. The zero-order valence-electron chi connectivity index (χ0n) is 26.0. The van der Waals surface area contributed by atoms with Crippen LogP contribution in [0.5, 0.6) is 0 Å². The van der Waals surface area contributed by atoms with Crippen LogP contribution in [-0.4, -0.2) is 58.4 Å². The van der Waals surface area contributed by atoms with Crippen molar-refractivity contribution in [3.8, 4) is 0 Å². The third-order valence-corrected chi connectivity index (χ3v) is 7.68. The molecule has 0 unspecified atom stereocenters. The molecule has 10 heteroatoms. The quantitative estimate of drug-likeness (QED) is 0.207. The number of carbonyl (C=O) groups excluding carboxylic acids is 4. The van der Waals surface area contributed by atoms with E-state index >= 15 is 0 Å². The van der Waals surface area contributed by atoms with Crippen molar-refractivity contribution in [1.29, 1.82) is 0 Å². The van der Waals surface area contributed by atoms with Crippen molar-refractivity contribution < 1.29 is 23.9 Å². The van der Waals surface area contributed by atoms with Gasteiger partial charge in [-0.05, 0) is 68.3 Å². The number of ether oxygens (including phenoxy) is 1. The van der Waals surface area contributed by atoms with Gasteiger partial charge in [0, 0.05) is 31.0 Å². The summed E-state index contributed by atoms with van der Waals surface area (Å²) in [7, 11) is 0. The minimum atomic E-state index is -0.906. The van der Waals surface area contributed by atoms with Gasteiger partial charge in [-0.15, -0.1) is 0 Å². The minimum Gasteiger partial charge on any atom is -0.457 e. The number of benzene rings is 2. The molecule has 2 aromatic carbocycles. The molecule has 0 radical (unpaired) electrons. The summed E-state index contributed by atoms with van der Waals surface area (Å²) in [6, 6.07) is 14.6. The molecule has 2 heterocycles. The summed E-state index contributed by atoms with van der Waals surface area (Å²) in [5.74, 6) is -1.63. The Morgan fingerprint density at radius 2 is 1.87 bits per heavy atom. The zero-order valence-corrected chi connectivity index (χ0v) is 26.0. The molecule has 0 aliphatic carbocycles. The number of allylic oxidation sites excluding steroid dienone is 1. The van der Waals surface area contributed by atoms with Crippen molar-refractivity contribution >= 4 is 40.5 Å². The highest BCUT2D eigenvalue weighted by Gasteiger charge is 2.33. The lowest BCUT2D eigenvalue weighted by molar-refractivity contribution is -0.157. The van der Waals surface area contributed by atoms with E-state index < -0.39 is 42.0 Å². The molecule has 4 atom stereocenters. The van der Waals surface area contributed by atoms with Crippen LogP contribution in [-0.2, 0) is 30.3 Å². The monoisotopic (exact) mass is 611 g/mol. The molecular formula is C35H41N5O5. The first-order valence-electron chi connectivity index (χ1n) is 15.2. The molecule has 3 aromatic rings. The van der Waals surface area contributed by atoms with Gasteiger partial charge in [-0.25, -0.2) is 5.43 Å². The van der Waals surface area contributed by atoms with Gasteiger partial charge in [-0.3, -0.25) is 29.2 Å². The van der Waals surface area contributed by atoms with Crippen molar-refractivity contribution in [2.24, 2.45) is 0 Å². The summed E-state index contributed by atoms with van der Waals surface area (Å²) < 4.78 is 5.80. The third kappa shape index (κ3) is 9.09. The Labute approximate surface area is 263 Å². The topological polar surface area (TPSA) is 130 Å². The molecule has 0 spiro atoms. The van der Waals surface area contributed by atoms with E-state index in [2.05, 4.69) is 27.6 Å². The molecule has 1 aliphatic heterocycles. The highest BCUT2D eigenvalue weighted by Crippen LogP contribution is 2.24. The fourth-order valence-corrected chi connectivity index (χ4v) is 5.13. The zero-order chi connectivity index (χ0) is 32.3. The van der Waals surface area contributed by atoms with Crippen LogP contribution in [0.3, 0.4) is 0 Å². The lowest BCUT2D eigenvalue weighted by Gasteiger charge is -2.35. The second-order valence-electron chi connectivity index (χ2n) is 11.1. The van der Waals surface area contributed by atoms with E-state index in [0.29, 0.717) is 19.4 Å². The van der Waals surface area contributed by atoms with Crippen molar-refractivity contribution in [1.82, 2.24) is 26.1 Å². The van der Waals surface area contributed by atoms with Crippen LogP contribution in [0.1, 0.15) is 63.0 Å². The van der Waals surface area contributed by atoms with Crippen LogP contribution in [0.4, 0.5) is 0 Å². The highest BCUT2D eigenvalue weighted by molar-refractivity contribution is 5.92. The Balaban J connectivity index is 1.35. The van der Waals surface area contributed by atoms with Crippen molar-refractivity contribution in [2.75, 3.05) is 6.54 Å². The first-order chi connectivity index (χ1) is 21.7. The molecule has 1 aliphatic rings. The fourth-order valence-electron chi connectivity index (χ4n) is 5.13. The summed E-state index contributed by atoms with van der Waals surface area (Å²) in [5.41, 5.74) is 5.46. The smallest absolute Gasteiger partial charge is 0.325 e. The highest BCUT2D eigenvalue weighted by atomic mass is 16.5. The number of amides is 3. The summed E-state index contributed by atoms with van der Waals surface area (Å²) in [6.07, 6.45) is 7.91. The lowest BCUT2D eigenvalue weighted by Crippen LogP contribution is -2.60. The molecule has 1 aromatic heterocycles. The first-order valence-corrected chi connectivity index (χ1v) is 15.2. The number of hydrazine groups is 1. The Morgan fingerprint density at radius 1 is 1.09 bits per heavy atom. The first kappa shape index (κ1) is 33.1. The maximum Gasteiger partial charge on any atom is 0.325 e. The summed E-state index contributed by atoms with van der Waals surface area (Å²) in [4.78, 5) is 56.5. The number of esters is 1. The number of hydrogen-bond acceptors (Lipinski definition) is 7. The SMILES string of the molecule is C=Cc1cc2cc([C@@H](C)OC(=O)[C@@H]3CCCN(C(=O)[C@H](C)NC(=O)[C@H](Cc4ccccc4)NC(=O)CC=CC)N3)ccc2cn1. The summed E-state index contributed by atoms with van der Waals surface area (Å²) >= 11 is 0. The third-order valence-electron chi connectivity index (χ3n) is 7.68. The van der Waals surface area contributed by atoms with E-state index in [4.69, 9.17) is 4.74 Å². The van der Waals surface area contributed by atoms with Gasteiger partial charge in [0.2, 0.25) is 11.8 Å². The predicted octanol–water partition coefficient (Wildman–Crippen LogP) is 4.18. The number of fused-ring (bicyclic) bond motifs is 1. The average Bonchev–Trinajstić information content (AvgIpc) is 3.06. The number of nitrogens with zero attached hydrogens (tertiary/aromatic N) is 2. The van der Waals surface area contributed by atoms with E-state index in [9.17, 15) is 19.2 Å². The Kier molecular flexibility index (Phi) is 11.6. The number of aromatic nitrogens is 1. The van der Waals surface area contributed by atoms with Crippen LogP contribution in [0, 0.1) is 0 Å². The average molecular weight is 612 g/mol. The molecule has 3 N–H and O–H groups in total. The molecule has 4 rings (SSSR count). The van der Waals surface area contributed by atoms with Gasteiger partial charge in [-0.2, -0.15) is 0 Å². The number of pyridine rings is 1. The standard InChI is InChI=1S/C35H41N5O5/c1-5-7-15-32(41)38-31(19-25-12-9-8-10-13-25)33(42)37-23(3)34(43)40-18-11-14-30(39-40)35(44)45-24(4)26-16-17-27-22-36-29(6-2)21-28(27)20-26/h5-10,12-13,16-17,20-24,30-31,39H,2,11,14-15,18-19H2,1,3-4H3,(H,37,42)(H,38,41)/t23-,24+,30-,31-/m0/s1. The van der Waals surface area contributed by atoms with E-state index in [1.807, 2.05) is 61.5 Å². The predicted molar refractivity (Wildman–Crippen MR) is 173 cm³/mol. The van der Waals surface area contributed by atoms with E-state index in [1.165, 1.54) is 5.01 Å². The van der Waals surface area contributed by atoms with Crippen molar-refractivity contribution in [2.45, 2.75) is 70.7 Å². The fraction of sp³-hybridized carbons (Fsp3) is 0.343. The van der Waals surface area contributed by atoms with Crippen LogP contribution < -0.4 is 16.1 Å². The van der Waals surface area contributed by atoms with Crippen molar-refractivity contribution in [3.63, 3.8) is 0 Å². The Morgan fingerprint density at radius 3 is 2.60 bits per heavy atom. The summed E-state index contributed by atoms with van der Waals surface area (Å²) in [6.45, 7) is 9.34. The Hall–Kier alpha value is -4.83. The molecular weight excluding hydrogens is 570 g/mol. The van der Waals surface area contributed by atoms with Crippen LogP contribution in [0.15, 0.2) is 79.5 Å². The summed E-state index contributed by atoms with van der Waals surface area (Å²) in [5, 5.41) is 8.83. The van der Waals surface area contributed by atoms with Gasteiger partial charge in [0.25, 0.3) is 5.91 Å². The maximum absolute atomic E-state index is 13.4. The van der Waals surface area contributed by atoms with Gasteiger partial charge < -0.3 is 15.4 Å². The van der Waals surface area contributed by atoms with E-state index in [-0.39, 0.29) is 18.7 Å². The van der Waals surface area contributed by atoms with Gasteiger partial charge >= 0.3 is 5.97 Å². The molecule has 10 nitrogen and oxygen atoms in total. The second kappa shape index (κ2) is 15.8. The molecule has 0 bridgehead atoms. The normalized spacial score (nSPS) is 16.9. The minimum absolute atomic E-state index is 0.145. The molecule has 1 fully saturated rings. The van der Waals surface area contributed by atoms with E-state index in [1.54, 1.807) is 38.3 Å². The van der Waals surface area contributed by atoms with Gasteiger partial charge in [-0.1, -0.05) is 61.2 Å². The lowest BCUT2D eigenvalue weighted by atomic mass is 10.0. The second-order valence-corrected chi connectivity index (χ2v) is 11.1. The van der Waals surface area contributed by atoms with E-state index in [0.717, 1.165) is 27.6 Å². The number of hydrogen-bond donors (Lipinski definition) is 3. The molecule has 1 saturated heterocycles. The number of rotatable bonds is 12. The molecule has 45 heavy (non-hydrogen) atoms. The number of carbonyl (C=O) groups is 4. The number of nitrogens with one attached hydrogen (secondary N) is 3. The molecule has 3 amide bonds. The molecule has 0 saturated carbocycles. The van der Waals surface area contributed by atoms with Crippen LogP contribution in [0.25, 0.3) is 16.8 Å². The van der Waals surface area contributed by atoms with Crippen LogP contribution in [0.2, 0.25) is 0 Å². The Bertz CT molecular complexity index is 1560. The van der Waals surface area contributed by atoms with Crippen LogP contribution >= 0.6 is 0 Å². The van der Waals surface area contributed by atoms with Gasteiger partial charge in [0.15, 0.2) is 0 Å². The van der Waals surface area contributed by atoms with Gasteiger partial charge in [0.1, 0.15) is 24.2 Å². The van der Waals surface area contributed by atoms with Gasteiger partial charge in [0.05, 0.1) is 5.69 Å². The van der Waals surface area contributed by atoms with Crippen molar-refractivity contribution in [3.05, 3.63) is 96.3 Å².